The zero-order valence-electron chi connectivity index (χ0n) is 14.7. The van der Waals surface area contributed by atoms with E-state index in [1.807, 2.05) is 11.7 Å². The average Bonchev–Trinajstić information content (AvgIpc) is 3.23. The Morgan fingerprint density at radius 3 is 2.88 bits per heavy atom. The van der Waals surface area contributed by atoms with Crippen molar-refractivity contribution in [3.05, 3.63) is 53.5 Å². The molecular formula is C17H19N7O2. The Kier molecular flexibility index (Phi) is 4.11. The summed E-state index contributed by atoms with van der Waals surface area (Å²) in [6, 6.07) is 1.74. The molecule has 3 aromatic heterocycles. The summed E-state index contributed by atoms with van der Waals surface area (Å²) >= 11 is 0. The number of ether oxygens (including phenoxy) is 1. The summed E-state index contributed by atoms with van der Waals surface area (Å²) in [5.74, 6) is 0.380. The molecule has 0 radical (unpaired) electrons. The van der Waals surface area contributed by atoms with Crippen LogP contribution in [-0.4, -0.2) is 46.9 Å². The van der Waals surface area contributed by atoms with Gasteiger partial charge in [-0.3, -0.25) is 19.1 Å². The van der Waals surface area contributed by atoms with Gasteiger partial charge in [0.15, 0.2) is 0 Å². The molecule has 9 nitrogen and oxygen atoms in total. The third-order valence-corrected chi connectivity index (χ3v) is 4.44. The molecule has 0 spiro atoms. The van der Waals surface area contributed by atoms with Crippen LogP contribution < -0.4 is 4.74 Å². The van der Waals surface area contributed by atoms with Crippen LogP contribution in [0.25, 0.3) is 0 Å². The number of aryl methyl sites for hydroxylation is 2. The van der Waals surface area contributed by atoms with Crippen LogP contribution in [0, 0.1) is 0 Å². The van der Waals surface area contributed by atoms with Crippen molar-refractivity contribution in [1.29, 1.82) is 0 Å². The number of aromatic nitrogens is 6. The molecule has 0 saturated heterocycles. The van der Waals surface area contributed by atoms with Crippen LogP contribution in [-0.2, 0) is 33.7 Å². The van der Waals surface area contributed by atoms with E-state index in [4.69, 9.17) is 4.74 Å². The predicted molar refractivity (Wildman–Crippen MR) is 91.2 cm³/mol. The molecule has 3 aromatic rings. The Balaban J connectivity index is 1.53. The number of carbonyl (C=O) groups is 1. The first-order valence-electron chi connectivity index (χ1n) is 8.33. The molecule has 0 aliphatic carbocycles. The van der Waals surface area contributed by atoms with Gasteiger partial charge in [-0.25, -0.2) is 4.98 Å². The van der Waals surface area contributed by atoms with E-state index >= 15 is 0 Å². The topological polar surface area (TPSA) is 91.0 Å². The first-order chi connectivity index (χ1) is 12.6. The first-order valence-corrected chi connectivity index (χ1v) is 8.33. The van der Waals surface area contributed by atoms with Crippen molar-refractivity contribution >= 4 is 5.91 Å². The summed E-state index contributed by atoms with van der Waals surface area (Å²) in [6.07, 6.45) is 7.26. The smallest absolute Gasteiger partial charge is 0.274 e. The number of rotatable bonds is 4. The highest BCUT2D eigenvalue weighted by molar-refractivity contribution is 5.92. The van der Waals surface area contributed by atoms with E-state index in [1.54, 1.807) is 47.5 Å². The largest absolute Gasteiger partial charge is 0.470 e. The van der Waals surface area contributed by atoms with Gasteiger partial charge in [0.2, 0.25) is 5.88 Å². The van der Waals surface area contributed by atoms with Crippen LogP contribution in [0.4, 0.5) is 0 Å². The van der Waals surface area contributed by atoms with Crippen molar-refractivity contribution in [3.63, 3.8) is 0 Å². The summed E-state index contributed by atoms with van der Waals surface area (Å²) in [4.78, 5) is 22.6. The fourth-order valence-corrected chi connectivity index (χ4v) is 3.15. The Hall–Kier alpha value is -3.23. The maximum Gasteiger partial charge on any atom is 0.274 e. The molecule has 1 aliphatic rings. The molecular weight excluding hydrogens is 334 g/mol. The van der Waals surface area contributed by atoms with Crippen molar-refractivity contribution in [2.75, 3.05) is 6.54 Å². The number of nitrogens with zero attached hydrogens (tertiary/aromatic N) is 7. The number of hydrogen-bond acceptors (Lipinski definition) is 6. The van der Waals surface area contributed by atoms with Crippen molar-refractivity contribution in [3.8, 4) is 5.88 Å². The van der Waals surface area contributed by atoms with Crippen molar-refractivity contribution in [2.24, 2.45) is 14.1 Å². The van der Waals surface area contributed by atoms with E-state index in [0.717, 1.165) is 23.4 Å². The summed E-state index contributed by atoms with van der Waals surface area (Å²) < 4.78 is 9.19. The summed E-state index contributed by atoms with van der Waals surface area (Å²) in [5.41, 5.74) is 3.43. The number of hydrogen-bond donors (Lipinski definition) is 0. The number of carbonyl (C=O) groups excluding carboxylic acids is 1. The lowest BCUT2D eigenvalue weighted by atomic mass is 10.0. The second kappa shape index (κ2) is 6.58. The Bertz CT molecular complexity index is 932. The second-order valence-electron chi connectivity index (χ2n) is 6.18. The van der Waals surface area contributed by atoms with Gasteiger partial charge in [-0.2, -0.15) is 10.2 Å². The van der Waals surface area contributed by atoms with E-state index in [2.05, 4.69) is 20.2 Å². The Morgan fingerprint density at radius 1 is 1.27 bits per heavy atom. The molecule has 0 N–H and O–H groups in total. The molecule has 0 bridgehead atoms. The molecule has 1 amide bonds. The standard InChI is InChI=1S/C17H19N7O2/c1-22-7-3-13(20-22)17(25)24-8-4-15-12(10-24)14(21-23(15)2)11-26-16-9-18-5-6-19-16/h3,5-7,9H,4,8,10-11H2,1-2H3. The highest BCUT2D eigenvalue weighted by Crippen LogP contribution is 2.24. The highest BCUT2D eigenvalue weighted by Gasteiger charge is 2.28. The van der Waals surface area contributed by atoms with Crippen LogP contribution in [0.5, 0.6) is 5.88 Å². The molecule has 26 heavy (non-hydrogen) atoms. The first kappa shape index (κ1) is 16.2. The molecule has 4 rings (SSSR count). The Labute approximate surface area is 150 Å². The minimum atomic E-state index is -0.0686. The molecule has 1 aliphatic heterocycles. The second-order valence-corrected chi connectivity index (χ2v) is 6.18. The lowest BCUT2D eigenvalue weighted by Gasteiger charge is -2.27. The van der Waals surface area contributed by atoms with Crippen LogP contribution in [0.1, 0.15) is 27.4 Å². The summed E-state index contributed by atoms with van der Waals surface area (Å²) in [5, 5.41) is 8.77. The lowest BCUT2D eigenvalue weighted by Crippen LogP contribution is -2.36. The molecule has 0 fully saturated rings. The van der Waals surface area contributed by atoms with E-state index in [9.17, 15) is 4.79 Å². The van der Waals surface area contributed by atoms with E-state index in [1.165, 1.54) is 0 Å². The van der Waals surface area contributed by atoms with Crippen LogP contribution in [0.3, 0.4) is 0 Å². The monoisotopic (exact) mass is 353 g/mol. The minimum absolute atomic E-state index is 0.0686. The normalized spacial score (nSPS) is 13.5. The molecule has 0 saturated carbocycles. The van der Waals surface area contributed by atoms with Crippen LogP contribution >= 0.6 is 0 Å². The molecule has 9 heteroatoms. The van der Waals surface area contributed by atoms with Crippen molar-refractivity contribution in [2.45, 2.75) is 19.6 Å². The van der Waals surface area contributed by atoms with Crippen molar-refractivity contribution in [1.82, 2.24) is 34.4 Å². The average molecular weight is 353 g/mol. The van der Waals surface area contributed by atoms with Gasteiger partial charge in [0, 0.05) is 63.5 Å². The molecule has 134 valence electrons. The van der Waals surface area contributed by atoms with Gasteiger partial charge in [-0.05, 0) is 6.07 Å². The highest BCUT2D eigenvalue weighted by atomic mass is 16.5. The van der Waals surface area contributed by atoms with Gasteiger partial charge in [0.1, 0.15) is 18.0 Å². The SMILES string of the molecule is Cn1ccc(C(=O)N2CCc3c(c(COc4cnccn4)nn3C)C2)n1. The quantitative estimate of drug-likeness (QED) is 0.686. The molecule has 0 atom stereocenters. The molecule has 0 unspecified atom stereocenters. The third-order valence-electron chi connectivity index (χ3n) is 4.44. The predicted octanol–water partition coefficient (Wildman–Crippen LogP) is 0.721. The van der Waals surface area contributed by atoms with Gasteiger partial charge in [-0.15, -0.1) is 0 Å². The van der Waals surface area contributed by atoms with Gasteiger partial charge >= 0.3 is 0 Å². The number of amides is 1. The fourth-order valence-electron chi connectivity index (χ4n) is 3.15. The van der Waals surface area contributed by atoms with E-state index in [-0.39, 0.29) is 12.5 Å². The molecule has 4 heterocycles. The summed E-state index contributed by atoms with van der Waals surface area (Å²) in [6.45, 7) is 1.43. The van der Waals surface area contributed by atoms with Gasteiger partial charge < -0.3 is 9.64 Å². The van der Waals surface area contributed by atoms with Gasteiger partial charge in [0.25, 0.3) is 5.91 Å². The summed E-state index contributed by atoms with van der Waals surface area (Å²) in [7, 11) is 3.72. The maximum absolute atomic E-state index is 12.7. The Morgan fingerprint density at radius 2 is 2.15 bits per heavy atom. The minimum Gasteiger partial charge on any atom is -0.470 e. The number of fused-ring (bicyclic) bond motifs is 1. The van der Waals surface area contributed by atoms with Crippen LogP contribution in [0.15, 0.2) is 30.9 Å². The van der Waals surface area contributed by atoms with Crippen LogP contribution in [0.2, 0.25) is 0 Å². The zero-order valence-corrected chi connectivity index (χ0v) is 14.7. The van der Waals surface area contributed by atoms with Gasteiger partial charge in [-0.1, -0.05) is 0 Å². The maximum atomic E-state index is 12.7. The molecule has 0 aromatic carbocycles. The van der Waals surface area contributed by atoms with E-state index < -0.39 is 0 Å². The third kappa shape index (κ3) is 3.03. The zero-order chi connectivity index (χ0) is 18.1. The van der Waals surface area contributed by atoms with Crippen molar-refractivity contribution < 1.29 is 9.53 Å². The van der Waals surface area contributed by atoms with Gasteiger partial charge in [0.05, 0.1) is 6.20 Å². The van der Waals surface area contributed by atoms with E-state index in [0.29, 0.717) is 24.7 Å². The lowest BCUT2D eigenvalue weighted by molar-refractivity contribution is 0.0725. The fraction of sp³-hybridized carbons (Fsp3) is 0.353.